The average Bonchev–Trinajstić information content (AvgIpc) is 2.81. The summed E-state index contributed by atoms with van der Waals surface area (Å²) in [5, 5.41) is 10.6. The number of nitrogens with zero attached hydrogens (tertiary/aromatic N) is 3. The Balaban J connectivity index is 2.01. The van der Waals surface area contributed by atoms with Crippen molar-refractivity contribution in [1.82, 2.24) is 9.97 Å². The maximum absolute atomic E-state index is 9.87. The van der Waals surface area contributed by atoms with Crippen LogP contribution in [-0.4, -0.2) is 22.1 Å². The highest BCUT2D eigenvalue weighted by Gasteiger charge is 2.26. The zero-order chi connectivity index (χ0) is 13.4. The smallest absolute Gasteiger partial charge is 0.139 e. The van der Waals surface area contributed by atoms with Crippen molar-refractivity contribution in [2.24, 2.45) is 0 Å². The predicted molar refractivity (Wildman–Crippen MR) is 74.8 cm³/mol. The van der Waals surface area contributed by atoms with E-state index >= 15 is 0 Å². The lowest BCUT2D eigenvalue weighted by Crippen LogP contribution is -2.14. The Hall–Kier alpha value is -1.65. The van der Waals surface area contributed by atoms with Crippen molar-refractivity contribution < 1.29 is 5.11 Å². The third kappa shape index (κ3) is 2.17. The number of aliphatic hydroxyl groups excluding tert-OH is 1. The molecule has 1 heterocycles. The van der Waals surface area contributed by atoms with Crippen LogP contribution < -0.4 is 4.90 Å². The van der Waals surface area contributed by atoms with Gasteiger partial charge in [-0.05, 0) is 37.1 Å². The van der Waals surface area contributed by atoms with E-state index in [1.54, 1.807) is 0 Å². The van der Waals surface area contributed by atoms with E-state index < -0.39 is 6.10 Å². The largest absolute Gasteiger partial charge is 0.387 e. The first-order valence-electron chi connectivity index (χ1n) is 6.18. The summed E-state index contributed by atoms with van der Waals surface area (Å²) in [5.41, 5.74) is 2.80. The lowest BCUT2D eigenvalue weighted by Gasteiger charge is -2.20. The van der Waals surface area contributed by atoms with Gasteiger partial charge in [0.25, 0.3) is 0 Å². The molecule has 4 nitrogen and oxygen atoms in total. The fourth-order valence-electron chi connectivity index (χ4n) is 2.44. The summed E-state index contributed by atoms with van der Waals surface area (Å²) >= 11 is 5.90. The van der Waals surface area contributed by atoms with Crippen LogP contribution in [0.15, 0.2) is 30.6 Å². The second-order valence-corrected chi connectivity index (χ2v) is 5.09. The molecule has 0 fully saturated rings. The Bertz CT molecular complexity index is 600. The molecule has 2 aromatic rings. The fraction of sp³-hybridized carbons (Fsp3) is 0.286. The summed E-state index contributed by atoms with van der Waals surface area (Å²) in [7, 11) is 1.95. The summed E-state index contributed by atoms with van der Waals surface area (Å²) in [4.78, 5) is 10.5. The molecule has 98 valence electrons. The van der Waals surface area contributed by atoms with E-state index in [0.29, 0.717) is 5.02 Å². The van der Waals surface area contributed by atoms with Gasteiger partial charge in [0.2, 0.25) is 0 Å². The molecule has 1 unspecified atom stereocenters. The number of halogens is 1. The van der Waals surface area contributed by atoms with Crippen molar-refractivity contribution in [3.05, 3.63) is 46.9 Å². The summed E-state index contributed by atoms with van der Waals surface area (Å²) in [6, 6.07) is 7.59. The zero-order valence-corrected chi connectivity index (χ0v) is 11.3. The highest BCUT2D eigenvalue weighted by molar-refractivity contribution is 6.30. The van der Waals surface area contributed by atoms with Gasteiger partial charge in [-0.15, -0.1) is 0 Å². The Kier molecular flexibility index (Phi) is 3.12. The Labute approximate surface area is 116 Å². The third-order valence-electron chi connectivity index (χ3n) is 3.47. The summed E-state index contributed by atoms with van der Waals surface area (Å²) in [6.07, 6.45) is 2.57. The SMILES string of the molecule is CN(c1ccc(Cl)cc1)c1ncnc2c1CCC2O. The molecule has 1 aliphatic rings. The van der Waals surface area contributed by atoms with Crippen molar-refractivity contribution in [3.63, 3.8) is 0 Å². The Morgan fingerprint density at radius 1 is 1.26 bits per heavy atom. The molecule has 1 N–H and O–H groups in total. The van der Waals surface area contributed by atoms with Gasteiger partial charge in [0.15, 0.2) is 0 Å². The number of anilines is 2. The van der Waals surface area contributed by atoms with Crippen molar-refractivity contribution in [3.8, 4) is 0 Å². The molecular formula is C14H14ClN3O. The summed E-state index contributed by atoms with van der Waals surface area (Å²) in [6.45, 7) is 0. The van der Waals surface area contributed by atoms with Crippen LogP contribution in [-0.2, 0) is 6.42 Å². The summed E-state index contributed by atoms with van der Waals surface area (Å²) in [5.74, 6) is 0.851. The quantitative estimate of drug-likeness (QED) is 0.916. The minimum absolute atomic E-state index is 0.463. The Morgan fingerprint density at radius 3 is 2.74 bits per heavy atom. The number of aromatic nitrogens is 2. The Morgan fingerprint density at radius 2 is 2.00 bits per heavy atom. The van der Waals surface area contributed by atoms with E-state index in [1.165, 1.54) is 6.33 Å². The van der Waals surface area contributed by atoms with Gasteiger partial charge >= 0.3 is 0 Å². The van der Waals surface area contributed by atoms with Crippen LogP contribution in [0.2, 0.25) is 5.02 Å². The van der Waals surface area contributed by atoms with Crippen LogP contribution in [0.25, 0.3) is 0 Å². The van der Waals surface area contributed by atoms with Gasteiger partial charge in [-0.1, -0.05) is 11.6 Å². The van der Waals surface area contributed by atoms with Gasteiger partial charge in [0.1, 0.15) is 12.1 Å². The normalized spacial score (nSPS) is 17.3. The van der Waals surface area contributed by atoms with E-state index in [2.05, 4.69) is 9.97 Å². The number of fused-ring (bicyclic) bond motifs is 1. The summed E-state index contributed by atoms with van der Waals surface area (Å²) < 4.78 is 0. The van der Waals surface area contributed by atoms with E-state index in [9.17, 15) is 5.11 Å². The molecule has 1 aromatic carbocycles. The first-order chi connectivity index (χ1) is 9.16. The standard InChI is InChI=1S/C14H14ClN3O/c1-18(10-4-2-9(15)3-5-10)14-11-6-7-12(19)13(11)16-8-17-14/h2-5,8,12,19H,6-7H2,1H3. The van der Waals surface area contributed by atoms with E-state index in [0.717, 1.165) is 35.6 Å². The first kappa shape index (κ1) is 12.4. The first-order valence-corrected chi connectivity index (χ1v) is 6.56. The number of aliphatic hydroxyl groups is 1. The second kappa shape index (κ2) is 4.79. The van der Waals surface area contributed by atoms with Gasteiger partial charge in [0, 0.05) is 23.3 Å². The molecule has 0 amide bonds. The fourth-order valence-corrected chi connectivity index (χ4v) is 2.56. The lowest BCUT2D eigenvalue weighted by molar-refractivity contribution is 0.175. The van der Waals surface area contributed by atoms with Gasteiger partial charge in [-0.3, -0.25) is 0 Å². The average molecular weight is 276 g/mol. The van der Waals surface area contributed by atoms with Crippen LogP contribution in [0.1, 0.15) is 23.8 Å². The molecule has 1 aliphatic carbocycles. The number of hydrogen-bond acceptors (Lipinski definition) is 4. The molecule has 19 heavy (non-hydrogen) atoms. The molecule has 0 saturated carbocycles. The van der Waals surface area contributed by atoms with Crippen molar-refractivity contribution in [2.75, 3.05) is 11.9 Å². The van der Waals surface area contributed by atoms with Gasteiger partial charge < -0.3 is 10.0 Å². The minimum atomic E-state index is -0.463. The third-order valence-corrected chi connectivity index (χ3v) is 3.72. The number of hydrogen-bond donors (Lipinski definition) is 1. The molecule has 0 saturated heterocycles. The topological polar surface area (TPSA) is 49.2 Å². The van der Waals surface area contributed by atoms with Crippen molar-refractivity contribution in [1.29, 1.82) is 0 Å². The van der Waals surface area contributed by atoms with Crippen LogP contribution >= 0.6 is 11.6 Å². The van der Waals surface area contributed by atoms with Crippen molar-refractivity contribution in [2.45, 2.75) is 18.9 Å². The highest BCUT2D eigenvalue weighted by Crippen LogP contribution is 2.36. The van der Waals surface area contributed by atoms with Crippen LogP contribution in [0.5, 0.6) is 0 Å². The van der Waals surface area contributed by atoms with E-state index in [4.69, 9.17) is 11.6 Å². The van der Waals surface area contributed by atoms with Crippen molar-refractivity contribution >= 4 is 23.1 Å². The molecule has 0 aliphatic heterocycles. The van der Waals surface area contributed by atoms with E-state index in [1.807, 2.05) is 36.2 Å². The lowest BCUT2D eigenvalue weighted by atomic mass is 10.2. The maximum atomic E-state index is 9.87. The molecule has 0 spiro atoms. The zero-order valence-electron chi connectivity index (χ0n) is 10.5. The van der Waals surface area contributed by atoms with Gasteiger partial charge in [0.05, 0.1) is 11.8 Å². The van der Waals surface area contributed by atoms with E-state index in [-0.39, 0.29) is 0 Å². The van der Waals surface area contributed by atoms with Gasteiger partial charge in [-0.2, -0.15) is 0 Å². The maximum Gasteiger partial charge on any atom is 0.139 e. The molecule has 5 heteroatoms. The van der Waals surface area contributed by atoms with Crippen LogP contribution in [0.4, 0.5) is 11.5 Å². The highest BCUT2D eigenvalue weighted by atomic mass is 35.5. The predicted octanol–water partition coefficient (Wildman–Crippen LogP) is 2.88. The van der Waals surface area contributed by atoms with Crippen LogP contribution in [0.3, 0.4) is 0 Å². The molecule has 1 aromatic heterocycles. The second-order valence-electron chi connectivity index (χ2n) is 4.65. The molecule has 1 atom stereocenters. The number of rotatable bonds is 2. The molecule has 0 radical (unpaired) electrons. The minimum Gasteiger partial charge on any atom is -0.387 e. The van der Waals surface area contributed by atoms with Gasteiger partial charge in [-0.25, -0.2) is 9.97 Å². The monoisotopic (exact) mass is 275 g/mol. The number of benzene rings is 1. The molecule has 0 bridgehead atoms. The molecule has 3 rings (SSSR count). The molecular weight excluding hydrogens is 262 g/mol. The van der Waals surface area contributed by atoms with Crippen LogP contribution in [0, 0.1) is 0 Å².